The van der Waals surface area contributed by atoms with E-state index in [0.29, 0.717) is 0 Å². The van der Waals surface area contributed by atoms with E-state index < -0.39 is 0 Å². The summed E-state index contributed by atoms with van der Waals surface area (Å²) in [5.41, 5.74) is 2.67. The van der Waals surface area contributed by atoms with Gasteiger partial charge in [0.2, 0.25) is 0 Å². The fraction of sp³-hybridized carbons (Fsp3) is 0.0526. The molecular weight excluding hydrogens is 274 g/mol. The second-order valence-electron chi connectivity index (χ2n) is 4.86. The SMILES string of the molecule is COc1ccc(N(c2ccccc2)c2ccccc2O)cc1. The van der Waals surface area contributed by atoms with Crippen molar-refractivity contribution in [2.24, 2.45) is 0 Å². The van der Waals surface area contributed by atoms with Crippen molar-refractivity contribution in [3.8, 4) is 11.5 Å². The van der Waals surface area contributed by atoms with Crippen molar-refractivity contribution in [1.82, 2.24) is 0 Å². The van der Waals surface area contributed by atoms with Gasteiger partial charge in [-0.05, 0) is 48.5 Å². The molecule has 0 fully saturated rings. The molecule has 0 aliphatic carbocycles. The lowest BCUT2D eigenvalue weighted by molar-refractivity contribution is 0.415. The lowest BCUT2D eigenvalue weighted by Crippen LogP contribution is -2.09. The molecule has 0 radical (unpaired) electrons. The van der Waals surface area contributed by atoms with Crippen LogP contribution in [0.2, 0.25) is 0 Å². The van der Waals surface area contributed by atoms with E-state index in [4.69, 9.17) is 4.74 Å². The smallest absolute Gasteiger partial charge is 0.139 e. The zero-order valence-electron chi connectivity index (χ0n) is 12.3. The molecule has 1 N–H and O–H groups in total. The fourth-order valence-corrected chi connectivity index (χ4v) is 2.39. The average Bonchev–Trinajstić information content (AvgIpc) is 2.58. The van der Waals surface area contributed by atoms with E-state index in [-0.39, 0.29) is 5.75 Å². The Labute approximate surface area is 130 Å². The number of methoxy groups -OCH3 is 1. The van der Waals surface area contributed by atoms with E-state index in [9.17, 15) is 5.11 Å². The Balaban J connectivity index is 2.12. The van der Waals surface area contributed by atoms with Gasteiger partial charge in [-0.1, -0.05) is 30.3 Å². The Morgan fingerprint density at radius 1 is 0.727 bits per heavy atom. The fourth-order valence-electron chi connectivity index (χ4n) is 2.39. The maximum absolute atomic E-state index is 10.2. The van der Waals surface area contributed by atoms with Gasteiger partial charge in [-0.3, -0.25) is 0 Å². The monoisotopic (exact) mass is 291 g/mol. The van der Waals surface area contributed by atoms with Crippen LogP contribution in [0.5, 0.6) is 11.5 Å². The molecule has 0 bridgehead atoms. The number of phenols is 1. The number of phenolic OH excluding ortho intramolecular Hbond substituents is 1. The molecule has 3 rings (SSSR count). The number of anilines is 3. The quantitative estimate of drug-likeness (QED) is 0.744. The van der Waals surface area contributed by atoms with Crippen LogP contribution >= 0.6 is 0 Å². The molecular formula is C19H17NO2. The first kappa shape index (κ1) is 14.0. The number of benzene rings is 3. The molecule has 0 unspecified atom stereocenters. The van der Waals surface area contributed by atoms with Crippen molar-refractivity contribution in [2.45, 2.75) is 0 Å². The Morgan fingerprint density at radius 2 is 1.32 bits per heavy atom. The van der Waals surface area contributed by atoms with Crippen molar-refractivity contribution < 1.29 is 9.84 Å². The second kappa shape index (κ2) is 6.22. The molecule has 110 valence electrons. The number of hydrogen-bond acceptors (Lipinski definition) is 3. The van der Waals surface area contributed by atoms with E-state index >= 15 is 0 Å². The summed E-state index contributed by atoms with van der Waals surface area (Å²) >= 11 is 0. The third-order valence-corrected chi connectivity index (χ3v) is 3.47. The first-order valence-electron chi connectivity index (χ1n) is 7.07. The van der Waals surface area contributed by atoms with Crippen molar-refractivity contribution in [3.05, 3.63) is 78.9 Å². The summed E-state index contributed by atoms with van der Waals surface area (Å²) in [6.45, 7) is 0. The van der Waals surface area contributed by atoms with Crippen LogP contribution < -0.4 is 9.64 Å². The molecule has 0 heterocycles. The Morgan fingerprint density at radius 3 is 1.95 bits per heavy atom. The van der Waals surface area contributed by atoms with Gasteiger partial charge >= 0.3 is 0 Å². The third-order valence-electron chi connectivity index (χ3n) is 3.47. The van der Waals surface area contributed by atoms with Crippen LogP contribution in [-0.2, 0) is 0 Å². The molecule has 22 heavy (non-hydrogen) atoms. The number of aromatic hydroxyl groups is 1. The first-order valence-corrected chi connectivity index (χ1v) is 7.07. The third kappa shape index (κ3) is 2.74. The molecule has 3 aromatic rings. The number of para-hydroxylation sites is 3. The van der Waals surface area contributed by atoms with Crippen LogP contribution in [0.1, 0.15) is 0 Å². The van der Waals surface area contributed by atoms with Gasteiger partial charge in [0.15, 0.2) is 0 Å². The highest BCUT2D eigenvalue weighted by Crippen LogP contribution is 2.39. The van der Waals surface area contributed by atoms with Crippen LogP contribution in [0, 0.1) is 0 Å². The molecule has 0 amide bonds. The van der Waals surface area contributed by atoms with E-state index in [2.05, 4.69) is 0 Å². The molecule has 0 aliphatic rings. The van der Waals surface area contributed by atoms with Crippen LogP contribution in [0.3, 0.4) is 0 Å². The van der Waals surface area contributed by atoms with Gasteiger partial charge in [-0.25, -0.2) is 0 Å². The molecule has 0 atom stereocenters. The van der Waals surface area contributed by atoms with Gasteiger partial charge in [0.05, 0.1) is 12.8 Å². The molecule has 0 aliphatic heterocycles. The summed E-state index contributed by atoms with van der Waals surface area (Å²) in [7, 11) is 1.65. The summed E-state index contributed by atoms with van der Waals surface area (Å²) < 4.78 is 5.22. The number of ether oxygens (including phenoxy) is 1. The summed E-state index contributed by atoms with van der Waals surface area (Å²) in [5, 5.41) is 10.2. The minimum Gasteiger partial charge on any atom is -0.506 e. The van der Waals surface area contributed by atoms with Crippen LogP contribution in [0.15, 0.2) is 78.9 Å². The van der Waals surface area contributed by atoms with Crippen molar-refractivity contribution in [1.29, 1.82) is 0 Å². The summed E-state index contributed by atoms with van der Waals surface area (Å²) in [6.07, 6.45) is 0. The first-order chi connectivity index (χ1) is 10.8. The number of nitrogens with zero attached hydrogens (tertiary/aromatic N) is 1. The van der Waals surface area contributed by atoms with Gasteiger partial charge in [0.1, 0.15) is 11.5 Å². The van der Waals surface area contributed by atoms with Gasteiger partial charge in [0, 0.05) is 11.4 Å². The largest absolute Gasteiger partial charge is 0.506 e. The topological polar surface area (TPSA) is 32.7 Å². The lowest BCUT2D eigenvalue weighted by Gasteiger charge is -2.26. The highest BCUT2D eigenvalue weighted by Gasteiger charge is 2.15. The maximum Gasteiger partial charge on any atom is 0.139 e. The van der Waals surface area contributed by atoms with Crippen molar-refractivity contribution >= 4 is 17.1 Å². The van der Waals surface area contributed by atoms with E-state index in [1.807, 2.05) is 77.7 Å². The van der Waals surface area contributed by atoms with Gasteiger partial charge in [-0.2, -0.15) is 0 Å². The zero-order valence-corrected chi connectivity index (χ0v) is 12.3. The van der Waals surface area contributed by atoms with Crippen LogP contribution in [0.25, 0.3) is 0 Å². The summed E-state index contributed by atoms with van der Waals surface area (Å²) in [4.78, 5) is 2.01. The lowest BCUT2D eigenvalue weighted by atomic mass is 10.2. The normalized spacial score (nSPS) is 10.2. The minimum atomic E-state index is 0.238. The van der Waals surface area contributed by atoms with E-state index in [1.165, 1.54) is 0 Å². The number of hydrogen-bond donors (Lipinski definition) is 1. The predicted octanol–water partition coefficient (Wildman–Crippen LogP) is 4.87. The molecule has 3 aromatic carbocycles. The van der Waals surface area contributed by atoms with Crippen LogP contribution in [0.4, 0.5) is 17.1 Å². The molecule has 3 heteroatoms. The molecule has 0 spiro atoms. The Hall–Kier alpha value is -2.94. The Kier molecular flexibility index (Phi) is 3.97. The van der Waals surface area contributed by atoms with Gasteiger partial charge in [0.25, 0.3) is 0 Å². The molecule has 0 aromatic heterocycles. The van der Waals surface area contributed by atoms with Gasteiger partial charge in [-0.15, -0.1) is 0 Å². The highest BCUT2D eigenvalue weighted by molar-refractivity contribution is 5.79. The predicted molar refractivity (Wildman–Crippen MR) is 89.3 cm³/mol. The standard InChI is InChI=1S/C19H17NO2/c1-22-17-13-11-16(12-14-17)20(15-7-3-2-4-8-15)18-9-5-6-10-19(18)21/h2-14,21H,1H3. The summed E-state index contributed by atoms with van der Waals surface area (Å²) in [6, 6.07) is 25.0. The maximum atomic E-state index is 10.2. The van der Waals surface area contributed by atoms with Crippen LogP contribution in [-0.4, -0.2) is 12.2 Å². The molecule has 3 nitrogen and oxygen atoms in total. The van der Waals surface area contributed by atoms with E-state index in [1.54, 1.807) is 13.2 Å². The Bertz CT molecular complexity index is 739. The average molecular weight is 291 g/mol. The number of rotatable bonds is 4. The zero-order chi connectivity index (χ0) is 15.4. The minimum absolute atomic E-state index is 0.238. The summed E-state index contributed by atoms with van der Waals surface area (Å²) in [5.74, 6) is 1.04. The molecule has 0 saturated heterocycles. The molecule has 0 saturated carbocycles. The van der Waals surface area contributed by atoms with Gasteiger partial charge < -0.3 is 14.7 Å². The van der Waals surface area contributed by atoms with Crippen molar-refractivity contribution in [3.63, 3.8) is 0 Å². The van der Waals surface area contributed by atoms with E-state index in [0.717, 1.165) is 22.8 Å². The second-order valence-corrected chi connectivity index (χ2v) is 4.86. The highest BCUT2D eigenvalue weighted by atomic mass is 16.5. The van der Waals surface area contributed by atoms with Crippen molar-refractivity contribution in [2.75, 3.05) is 12.0 Å².